The molecule has 0 radical (unpaired) electrons. The molecule has 0 unspecified atom stereocenters. The van der Waals surface area contributed by atoms with Crippen molar-refractivity contribution in [3.63, 3.8) is 0 Å². The van der Waals surface area contributed by atoms with Crippen molar-refractivity contribution in [3.8, 4) is 46.0 Å². The SMILES string of the molecule is CC[C@@H](C)COc1ccc(C(C)(C)c2ccc(OC[C@H](C)CCl)cc2)cc1.C[C@H](CCl)COc1ccc(C(C)(C)c2ccc(OC[C@H](O)CO)cc2)cc1.C[C@H](CCl)COc1ccc(C(C)(C)c2ccc(OC[C@H](O)CO)cc2)cc1Cl.C[C@H](CCl)COc1ccc(C(C)(C)c2ccc(OC[C@H](O)CO)cc2)cc1I. The van der Waals surface area contributed by atoms with Crippen molar-refractivity contribution in [2.24, 2.45) is 29.6 Å². The zero-order chi connectivity index (χ0) is 81.2. The molecule has 8 rings (SSSR count). The Morgan fingerprint density at radius 3 is 0.745 bits per heavy atom. The third-order valence-corrected chi connectivity index (χ3v) is 22.4. The van der Waals surface area contributed by atoms with Crippen LogP contribution in [0, 0.1) is 33.2 Å². The first-order valence-electron chi connectivity index (χ1n) is 37.6. The molecular formula is C90H118Cl5IO14. The van der Waals surface area contributed by atoms with E-state index in [9.17, 15) is 15.3 Å². The van der Waals surface area contributed by atoms with E-state index in [0.29, 0.717) is 102 Å². The van der Waals surface area contributed by atoms with Crippen LogP contribution in [0.1, 0.15) is 148 Å². The molecule has 0 spiro atoms. The molecule has 6 N–H and O–H groups in total. The van der Waals surface area contributed by atoms with Crippen LogP contribution in [0.5, 0.6) is 46.0 Å². The Bertz CT molecular complexity index is 3490. The van der Waals surface area contributed by atoms with Gasteiger partial charge in [-0.1, -0.05) is 200 Å². The predicted molar refractivity (Wildman–Crippen MR) is 460 cm³/mol. The molecule has 110 heavy (non-hydrogen) atoms. The van der Waals surface area contributed by atoms with E-state index in [4.69, 9.17) is 111 Å². The molecule has 0 aliphatic carbocycles. The summed E-state index contributed by atoms with van der Waals surface area (Å²) in [6.07, 6.45) is -1.48. The molecule has 14 nitrogen and oxygen atoms in total. The van der Waals surface area contributed by atoms with E-state index in [1.54, 1.807) is 0 Å². The van der Waals surface area contributed by atoms with Crippen LogP contribution >= 0.6 is 80.6 Å². The number of halogens is 6. The van der Waals surface area contributed by atoms with E-state index < -0.39 is 18.3 Å². The van der Waals surface area contributed by atoms with Gasteiger partial charge in [-0.3, -0.25) is 0 Å². The molecule has 0 aliphatic rings. The average molecular weight is 1730 g/mol. The topological polar surface area (TPSA) is 195 Å². The second-order valence-corrected chi connectivity index (χ2v) is 33.3. The summed E-state index contributed by atoms with van der Waals surface area (Å²) in [5.74, 6) is 10.3. The van der Waals surface area contributed by atoms with Gasteiger partial charge in [0, 0.05) is 68.9 Å². The molecule has 8 atom stereocenters. The fourth-order valence-electron chi connectivity index (χ4n) is 10.7. The third kappa shape index (κ3) is 30.8. The number of benzene rings is 8. The molecule has 0 saturated heterocycles. The first-order valence-corrected chi connectivity index (χ1v) is 41.2. The van der Waals surface area contributed by atoms with E-state index in [1.807, 2.05) is 128 Å². The highest BCUT2D eigenvalue weighted by molar-refractivity contribution is 14.1. The van der Waals surface area contributed by atoms with Gasteiger partial charge in [0.2, 0.25) is 0 Å². The number of hydrogen-bond acceptors (Lipinski definition) is 14. The molecular weight excluding hydrogens is 1610 g/mol. The van der Waals surface area contributed by atoms with Crippen LogP contribution in [0.15, 0.2) is 182 Å². The number of aliphatic hydroxyl groups excluding tert-OH is 6. The molecule has 0 aliphatic heterocycles. The Balaban J connectivity index is 0.000000263. The average Bonchev–Trinajstić information content (AvgIpc) is 0.814. The third-order valence-electron chi connectivity index (χ3n) is 19.1. The van der Waals surface area contributed by atoms with Crippen LogP contribution in [-0.2, 0) is 21.7 Å². The maximum Gasteiger partial charge on any atom is 0.137 e. The van der Waals surface area contributed by atoms with Crippen LogP contribution in [0.2, 0.25) is 5.02 Å². The normalized spacial score (nSPS) is 13.8. The van der Waals surface area contributed by atoms with Crippen molar-refractivity contribution in [2.75, 3.05) is 96.2 Å². The summed E-state index contributed by atoms with van der Waals surface area (Å²) in [7, 11) is 0. The summed E-state index contributed by atoms with van der Waals surface area (Å²) in [6, 6.07) is 60.5. The minimum absolute atomic E-state index is 0.0542. The Hall–Kier alpha value is -5.90. The fraction of sp³-hybridized carbons (Fsp3) is 0.467. The number of aliphatic hydroxyl groups is 6. The van der Waals surface area contributed by atoms with Gasteiger partial charge in [0.05, 0.1) is 61.4 Å². The highest BCUT2D eigenvalue weighted by Gasteiger charge is 2.28. The van der Waals surface area contributed by atoms with Gasteiger partial charge in [0.15, 0.2) is 0 Å². The largest absolute Gasteiger partial charge is 0.493 e. The quantitative estimate of drug-likeness (QED) is 0.0157. The van der Waals surface area contributed by atoms with E-state index in [1.165, 1.54) is 22.3 Å². The maximum absolute atomic E-state index is 9.39. The first kappa shape index (κ1) is 94.7. The molecule has 8 aromatic carbocycles. The maximum atomic E-state index is 9.39. The fourth-order valence-corrected chi connectivity index (χ4v) is 12.0. The lowest BCUT2D eigenvalue weighted by Gasteiger charge is -2.27. The summed E-state index contributed by atoms with van der Waals surface area (Å²) in [5.41, 5.74) is 8.66. The van der Waals surface area contributed by atoms with E-state index in [2.05, 4.69) is 173 Å². The Labute approximate surface area is 694 Å². The lowest BCUT2D eigenvalue weighted by molar-refractivity contribution is 0.0536. The summed E-state index contributed by atoms with van der Waals surface area (Å²) in [4.78, 5) is 0. The lowest BCUT2D eigenvalue weighted by Crippen LogP contribution is -2.21. The Morgan fingerprint density at radius 1 is 0.300 bits per heavy atom. The molecule has 0 heterocycles. The van der Waals surface area contributed by atoms with Crippen molar-refractivity contribution in [2.45, 2.75) is 143 Å². The molecule has 604 valence electrons. The van der Waals surface area contributed by atoms with Crippen molar-refractivity contribution in [3.05, 3.63) is 235 Å². The van der Waals surface area contributed by atoms with Gasteiger partial charge in [0.1, 0.15) is 84.1 Å². The van der Waals surface area contributed by atoms with Crippen molar-refractivity contribution < 1.29 is 68.5 Å². The van der Waals surface area contributed by atoms with Crippen LogP contribution < -0.4 is 37.9 Å². The number of rotatable bonds is 40. The van der Waals surface area contributed by atoms with Gasteiger partial charge in [0.25, 0.3) is 0 Å². The van der Waals surface area contributed by atoms with Crippen molar-refractivity contribution in [1.82, 2.24) is 0 Å². The smallest absolute Gasteiger partial charge is 0.137 e. The van der Waals surface area contributed by atoms with Gasteiger partial charge in [-0.25, -0.2) is 0 Å². The summed E-state index contributed by atoms with van der Waals surface area (Å²) < 4.78 is 46.6. The van der Waals surface area contributed by atoms with Crippen molar-refractivity contribution in [1.29, 1.82) is 0 Å². The van der Waals surface area contributed by atoms with Crippen LogP contribution in [0.4, 0.5) is 0 Å². The van der Waals surface area contributed by atoms with Gasteiger partial charge >= 0.3 is 0 Å². The van der Waals surface area contributed by atoms with Crippen LogP contribution in [0.3, 0.4) is 0 Å². The van der Waals surface area contributed by atoms with Crippen molar-refractivity contribution >= 4 is 80.6 Å². The molecule has 0 aromatic heterocycles. The molecule has 8 aromatic rings. The van der Waals surface area contributed by atoms with Crippen LogP contribution in [-0.4, -0.2) is 145 Å². The monoisotopic (exact) mass is 1720 g/mol. The van der Waals surface area contributed by atoms with Crippen LogP contribution in [0.25, 0.3) is 0 Å². The van der Waals surface area contributed by atoms with Gasteiger partial charge < -0.3 is 68.5 Å². The standard InChI is InChI=1S/C24H33ClO2.C22H28Cl2O4.C22H28ClIO4.C22H29ClO4/c1-6-18(2)16-26-22-11-7-20(8-12-22)24(4,5)21-9-13-23(14-10-21)27-17-19(3)15-25;2*1-15(11-23)13-28-21-9-6-17(10-20(21)24)22(2,3)16-4-7-19(8-5-16)27-14-18(26)12-25;1-16(12-23)14-26-20-8-4-17(5-9-20)22(2,3)18-6-10-21(11-7-18)27-15-19(25)13-24/h7-14,18-19H,6,15-17H2,1-5H3;2*4-10,15,18,25-26H,11-14H2,1-3H3;4-11,16,19,24-25H,12-15H2,1-3H3/t18-,19-;2*15-,18-;16-,19-/m1111/s1. The molecule has 0 fully saturated rings. The van der Waals surface area contributed by atoms with E-state index >= 15 is 0 Å². The Kier molecular flexibility index (Phi) is 41.1. The summed E-state index contributed by atoms with van der Waals surface area (Å²) >= 11 is 32.1. The summed E-state index contributed by atoms with van der Waals surface area (Å²) in [6.45, 7) is 32.5. The second-order valence-electron chi connectivity index (χ2n) is 30.5. The molecule has 0 amide bonds. The highest BCUT2D eigenvalue weighted by atomic mass is 127. The van der Waals surface area contributed by atoms with Gasteiger partial charge in [-0.05, 0) is 170 Å². The zero-order valence-corrected chi connectivity index (χ0v) is 72.4. The van der Waals surface area contributed by atoms with Gasteiger partial charge in [-0.15, -0.1) is 46.4 Å². The number of hydrogen-bond donors (Lipinski definition) is 6. The lowest BCUT2D eigenvalue weighted by atomic mass is 9.78. The van der Waals surface area contributed by atoms with E-state index in [-0.39, 0.29) is 67.2 Å². The molecule has 20 heteroatoms. The zero-order valence-electron chi connectivity index (χ0n) is 66.5. The first-order chi connectivity index (χ1) is 52.3. The number of ether oxygens (including phenoxy) is 8. The van der Waals surface area contributed by atoms with Gasteiger partial charge in [-0.2, -0.15) is 0 Å². The Morgan fingerprint density at radius 2 is 0.509 bits per heavy atom. The summed E-state index contributed by atoms with van der Waals surface area (Å²) in [5, 5.41) is 55.3. The molecule has 0 bridgehead atoms. The highest BCUT2D eigenvalue weighted by Crippen LogP contribution is 2.40. The number of alkyl halides is 4. The second kappa shape index (κ2) is 47.7. The molecule has 0 saturated carbocycles. The minimum atomic E-state index is -0.883. The minimum Gasteiger partial charge on any atom is -0.493 e. The van der Waals surface area contributed by atoms with E-state index in [0.717, 1.165) is 61.8 Å². The predicted octanol–water partition coefficient (Wildman–Crippen LogP) is 19.9.